The van der Waals surface area contributed by atoms with Gasteiger partial charge in [-0.25, -0.2) is 0 Å². The van der Waals surface area contributed by atoms with Gasteiger partial charge in [-0.15, -0.1) is 11.3 Å². The number of amides is 1. The van der Waals surface area contributed by atoms with Crippen molar-refractivity contribution in [1.82, 2.24) is 4.90 Å². The highest BCUT2D eigenvalue weighted by molar-refractivity contribution is 7.12. The molecule has 1 amide bonds. The molecule has 0 radical (unpaired) electrons. The number of hydrogen-bond donors (Lipinski definition) is 1. The molecular weight excluding hydrogens is 452 g/mol. The molecule has 7 nitrogen and oxygen atoms in total. The van der Waals surface area contributed by atoms with E-state index in [0.717, 1.165) is 24.0 Å². The number of ether oxygens (including phenoxy) is 3. The number of methoxy groups -OCH3 is 2. The van der Waals surface area contributed by atoms with Gasteiger partial charge >= 0.3 is 0 Å². The number of nitrogens with zero attached hydrogens (tertiary/aromatic N) is 1. The first kappa shape index (κ1) is 22.5. The van der Waals surface area contributed by atoms with Crippen molar-refractivity contribution < 1.29 is 23.4 Å². The molecular formula is C26H26N2O5S. The fourth-order valence-electron chi connectivity index (χ4n) is 4.35. The van der Waals surface area contributed by atoms with Crippen molar-refractivity contribution in [2.24, 2.45) is 0 Å². The Bertz CT molecular complexity index is 1280. The lowest BCUT2D eigenvalue weighted by Gasteiger charge is -2.34. The molecule has 1 saturated heterocycles. The first-order valence-corrected chi connectivity index (χ1v) is 12.0. The second-order valence-electron chi connectivity index (χ2n) is 7.93. The van der Waals surface area contributed by atoms with Crippen molar-refractivity contribution in [3.05, 3.63) is 76.2 Å². The van der Waals surface area contributed by atoms with E-state index in [4.69, 9.17) is 18.6 Å². The number of carbonyl (C=O) groups is 1. The van der Waals surface area contributed by atoms with E-state index in [2.05, 4.69) is 10.2 Å². The smallest absolute Gasteiger partial charge is 0.265 e. The average molecular weight is 479 g/mol. The maximum absolute atomic E-state index is 13.1. The molecule has 1 fully saturated rings. The Morgan fingerprint density at radius 3 is 2.62 bits per heavy atom. The number of benzene rings is 2. The Balaban J connectivity index is 1.68. The van der Waals surface area contributed by atoms with Crippen molar-refractivity contribution in [3.63, 3.8) is 0 Å². The number of hydrogen-bond acceptors (Lipinski definition) is 7. The van der Waals surface area contributed by atoms with Crippen molar-refractivity contribution in [1.29, 1.82) is 0 Å². The number of thiophene rings is 1. The van der Waals surface area contributed by atoms with E-state index in [9.17, 15) is 4.79 Å². The SMILES string of the molecule is COc1ccc([C@H](c2oc3ccccc3c2NC(=O)c2cccs2)N2CCOCC2)c(OC)c1. The fourth-order valence-corrected chi connectivity index (χ4v) is 4.97. The molecule has 1 aliphatic heterocycles. The van der Waals surface area contributed by atoms with Crippen LogP contribution in [0.5, 0.6) is 11.5 Å². The molecule has 4 aromatic rings. The van der Waals surface area contributed by atoms with Crippen LogP contribution in [0.1, 0.15) is 27.0 Å². The lowest BCUT2D eigenvalue weighted by atomic mass is 9.99. The third-order valence-electron chi connectivity index (χ3n) is 6.00. The summed E-state index contributed by atoms with van der Waals surface area (Å²) in [5.74, 6) is 1.89. The van der Waals surface area contributed by atoms with Gasteiger partial charge in [0.05, 0.1) is 44.0 Å². The first-order chi connectivity index (χ1) is 16.7. The summed E-state index contributed by atoms with van der Waals surface area (Å²) in [6.45, 7) is 2.67. The van der Waals surface area contributed by atoms with Crippen LogP contribution in [-0.4, -0.2) is 51.3 Å². The van der Waals surface area contributed by atoms with Crippen LogP contribution in [-0.2, 0) is 4.74 Å². The molecule has 1 aliphatic rings. The molecule has 2 aromatic carbocycles. The number of anilines is 1. The number of carbonyl (C=O) groups excluding carboxylic acids is 1. The third kappa shape index (κ3) is 4.27. The second-order valence-corrected chi connectivity index (χ2v) is 8.88. The van der Waals surface area contributed by atoms with Gasteiger partial charge in [-0.1, -0.05) is 18.2 Å². The zero-order chi connectivity index (χ0) is 23.5. The minimum absolute atomic E-state index is 0.162. The predicted octanol–water partition coefficient (Wildman–Crippen LogP) is 5.19. The van der Waals surface area contributed by atoms with Gasteiger partial charge < -0.3 is 23.9 Å². The van der Waals surface area contributed by atoms with E-state index in [1.165, 1.54) is 11.3 Å². The Hall–Kier alpha value is -3.33. The van der Waals surface area contributed by atoms with Crippen LogP contribution in [0.25, 0.3) is 11.0 Å². The van der Waals surface area contributed by atoms with Crippen LogP contribution < -0.4 is 14.8 Å². The Labute approximate surface area is 201 Å². The van der Waals surface area contributed by atoms with E-state index in [1.54, 1.807) is 14.2 Å². The summed E-state index contributed by atoms with van der Waals surface area (Å²) in [6.07, 6.45) is 0. The summed E-state index contributed by atoms with van der Waals surface area (Å²) in [6, 6.07) is 16.9. The summed E-state index contributed by atoms with van der Waals surface area (Å²) < 4.78 is 23.3. The van der Waals surface area contributed by atoms with E-state index < -0.39 is 0 Å². The quantitative estimate of drug-likeness (QED) is 0.394. The highest BCUT2D eigenvalue weighted by Crippen LogP contribution is 2.44. The van der Waals surface area contributed by atoms with Crippen molar-refractivity contribution in [3.8, 4) is 11.5 Å². The van der Waals surface area contributed by atoms with Gasteiger partial charge in [0.1, 0.15) is 17.1 Å². The lowest BCUT2D eigenvalue weighted by molar-refractivity contribution is 0.0202. The molecule has 8 heteroatoms. The van der Waals surface area contributed by atoms with E-state index >= 15 is 0 Å². The molecule has 5 rings (SSSR count). The van der Waals surface area contributed by atoms with Gasteiger partial charge in [-0.05, 0) is 35.7 Å². The predicted molar refractivity (Wildman–Crippen MR) is 132 cm³/mol. The maximum Gasteiger partial charge on any atom is 0.265 e. The Morgan fingerprint density at radius 2 is 1.88 bits per heavy atom. The minimum Gasteiger partial charge on any atom is -0.497 e. The maximum atomic E-state index is 13.1. The lowest BCUT2D eigenvalue weighted by Crippen LogP contribution is -2.39. The first-order valence-electron chi connectivity index (χ1n) is 11.1. The molecule has 0 aliphatic carbocycles. The molecule has 34 heavy (non-hydrogen) atoms. The third-order valence-corrected chi connectivity index (χ3v) is 6.87. The number of rotatable bonds is 7. The van der Waals surface area contributed by atoms with E-state index in [1.807, 2.05) is 60.0 Å². The fraction of sp³-hybridized carbons (Fsp3) is 0.269. The summed E-state index contributed by atoms with van der Waals surface area (Å²) in [5, 5.41) is 5.89. The molecule has 0 unspecified atom stereocenters. The number of furan rings is 1. The topological polar surface area (TPSA) is 73.2 Å². The molecule has 1 atom stereocenters. The van der Waals surface area contributed by atoms with Crippen LogP contribution >= 0.6 is 11.3 Å². The van der Waals surface area contributed by atoms with Crippen LogP contribution in [0.2, 0.25) is 0 Å². The molecule has 176 valence electrons. The average Bonchev–Trinajstić information content (AvgIpc) is 3.54. The summed E-state index contributed by atoms with van der Waals surface area (Å²) in [7, 11) is 3.28. The largest absolute Gasteiger partial charge is 0.497 e. The van der Waals surface area contributed by atoms with Crippen LogP contribution in [0.3, 0.4) is 0 Å². The van der Waals surface area contributed by atoms with Crippen molar-refractivity contribution in [2.75, 3.05) is 45.8 Å². The highest BCUT2D eigenvalue weighted by Gasteiger charge is 2.33. The normalized spacial score (nSPS) is 15.2. The molecule has 1 N–H and O–H groups in total. The van der Waals surface area contributed by atoms with Gasteiger partial charge in [0.2, 0.25) is 0 Å². The number of para-hydroxylation sites is 1. The molecule has 3 heterocycles. The van der Waals surface area contributed by atoms with Gasteiger partial charge in [-0.3, -0.25) is 9.69 Å². The zero-order valence-corrected chi connectivity index (χ0v) is 19.9. The Kier molecular flexibility index (Phi) is 6.53. The van der Waals surface area contributed by atoms with Gasteiger partial charge in [-0.2, -0.15) is 0 Å². The highest BCUT2D eigenvalue weighted by atomic mass is 32.1. The van der Waals surface area contributed by atoms with Crippen molar-refractivity contribution >= 4 is 33.9 Å². The number of morpholine rings is 1. The molecule has 0 saturated carbocycles. The molecule has 0 spiro atoms. The van der Waals surface area contributed by atoms with Crippen molar-refractivity contribution in [2.45, 2.75) is 6.04 Å². The summed E-state index contributed by atoms with van der Waals surface area (Å²) in [4.78, 5) is 16.0. The van der Waals surface area contributed by atoms with Crippen LogP contribution in [0.4, 0.5) is 5.69 Å². The van der Waals surface area contributed by atoms with Gasteiger partial charge in [0.25, 0.3) is 5.91 Å². The zero-order valence-electron chi connectivity index (χ0n) is 19.1. The van der Waals surface area contributed by atoms with Gasteiger partial charge in [0, 0.05) is 30.1 Å². The number of nitrogens with one attached hydrogen (secondary N) is 1. The van der Waals surface area contributed by atoms with E-state index in [0.29, 0.717) is 46.6 Å². The monoisotopic (exact) mass is 478 g/mol. The summed E-state index contributed by atoms with van der Waals surface area (Å²) >= 11 is 1.40. The Morgan fingerprint density at radius 1 is 1.06 bits per heavy atom. The number of fused-ring (bicyclic) bond motifs is 1. The minimum atomic E-state index is -0.296. The van der Waals surface area contributed by atoms with Gasteiger partial charge in [0.15, 0.2) is 5.76 Å². The standard InChI is InChI=1S/C26H26N2O5S/c1-30-17-9-10-19(21(16-17)31-2)24(28-11-13-32-14-12-28)25-23(18-6-3-4-7-20(18)33-25)27-26(29)22-8-5-15-34-22/h3-10,15-16,24H,11-14H2,1-2H3,(H,27,29)/t24-/m1/s1. The van der Waals surface area contributed by atoms with Crippen LogP contribution in [0, 0.1) is 0 Å². The van der Waals surface area contributed by atoms with E-state index in [-0.39, 0.29) is 11.9 Å². The summed E-state index contributed by atoms with van der Waals surface area (Å²) in [5.41, 5.74) is 2.31. The van der Waals surface area contributed by atoms with Crippen LogP contribution in [0.15, 0.2) is 64.4 Å². The molecule has 0 bridgehead atoms. The second kappa shape index (κ2) is 9.89. The molecule has 2 aromatic heterocycles.